The van der Waals surface area contributed by atoms with E-state index >= 15 is 0 Å². The summed E-state index contributed by atoms with van der Waals surface area (Å²) in [4.78, 5) is 33.7. The van der Waals surface area contributed by atoms with Crippen LogP contribution in [0.1, 0.15) is 41.0 Å². The van der Waals surface area contributed by atoms with Crippen LogP contribution in [0, 0.1) is 0 Å². The van der Waals surface area contributed by atoms with Gasteiger partial charge in [0.05, 0.1) is 30.5 Å². The highest BCUT2D eigenvalue weighted by atomic mass is 19.3. The number of nitrogens with zero attached hydrogens (tertiary/aromatic N) is 6. The van der Waals surface area contributed by atoms with Crippen molar-refractivity contribution >= 4 is 11.9 Å². The van der Waals surface area contributed by atoms with E-state index < -0.39 is 11.3 Å². The molecule has 0 N–H and O–H groups in total. The normalized spacial score (nSPS) is 25.4. The molecule has 3 aliphatic heterocycles. The molecule has 2 aromatic heterocycles. The number of anilines is 1. The van der Waals surface area contributed by atoms with Crippen LogP contribution >= 0.6 is 0 Å². The van der Waals surface area contributed by atoms with Crippen LogP contribution in [0.3, 0.4) is 0 Å². The first-order valence-electron chi connectivity index (χ1n) is 10.1. The number of aromatic nitrogens is 4. The predicted octanol–water partition coefficient (Wildman–Crippen LogP) is 1.82. The Bertz CT molecular complexity index is 950. The molecule has 0 bridgehead atoms. The van der Waals surface area contributed by atoms with Crippen molar-refractivity contribution in [3.05, 3.63) is 41.7 Å². The van der Waals surface area contributed by atoms with Crippen LogP contribution in [-0.2, 0) is 16.8 Å². The van der Waals surface area contributed by atoms with Crippen molar-refractivity contribution < 1.29 is 18.3 Å². The summed E-state index contributed by atoms with van der Waals surface area (Å²) in [6.45, 7) is 2.35. The molecule has 10 heteroatoms. The fourth-order valence-electron chi connectivity index (χ4n) is 4.50. The molecule has 1 amide bonds. The third kappa shape index (κ3) is 3.38. The number of carbonyl (C=O) groups excluding carboxylic acids is 1. The van der Waals surface area contributed by atoms with Crippen molar-refractivity contribution in [1.29, 1.82) is 0 Å². The summed E-state index contributed by atoms with van der Waals surface area (Å²) in [5.74, 6) is -2.31. The summed E-state index contributed by atoms with van der Waals surface area (Å²) < 4.78 is 32.9. The number of alkyl halides is 2. The summed E-state index contributed by atoms with van der Waals surface area (Å²) in [5, 5.41) is 0. The zero-order chi connectivity index (χ0) is 20.8. The Hall–Kier alpha value is -2.75. The van der Waals surface area contributed by atoms with Gasteiger partial charge in [-0.25, -0.2) is 23.7 Å². The highest BCUT2D eigenvalue weighted by Gasteiger charge is 2.47. The quantitative estimate of drug-likeness (QED) is 0.738. The van der Waals surface area contributed by atoms with Crippen molar-refractivity contribution in [2.24, 2.45) is 0 Å². The fraction of sp³-hybridized carbons (Fsp3) is 0.550. The average Bonchev–Trinajstić information content (AvgIpc) is 3.19. The van der Waals surface area contributed by atoms with Gasteiger partial charge in [-0.05, 0) is 6.42 Å². The van der Waals surface area contributed by atoms with Crippen LogP contribution in [-0.4, -0.2) is 69.5 Å². The first kappa shape index (κ1) is 19.2. The number of likely N-dealkylation sites (tertiary alicyclic amines) is 1. The standard InChI is InChI=1S/C20H22F2N6O2/c21-20(22)2-7-27(8-3-20)18-25-9-14-11-30-13-19(16(14)26-18)1-6-28(12-19)17(29)15-10-23-4-5-24-15/h4-5,9-10H,1-3,6-8,11-13H2. The van der Waals surface area contributed by atoms with Crippen LogP contribution < -0.4 is 4.90 Å². The predicted molar refractivity (Wildman–Crippen MR) is 102 cm³/mol. The lowest BCUT2D eigenvalue weighted by Crippen LogP contribution is -2.43. The Labute approximate surface area is 172 Å². The van der Waals surface area contributed by atoms with Crippen LogP contribution in [0.15, 0.2) is 24.8 Å². The lowest BCUT2D eigenvalue weighted by atomic mass is 9.80. The van der Waals surface area contributed by atoms with Crippen molar-refractivity contribution in [3.63, 3.8) is 0 Å². The summed E-state index contributed by atoms with van der Waals surface area (Å²) in [5.41, 5.74) is 1.64. The number of ether oxygens (including phenoxy) is 1. The van der Waals surface area contributed by atoms with Gasteiger partial charge in [-0.2, -0.15) is 0 Å². The topological polar surface area (TPSA) is 84.3 Å². The SMILES string of the molecule is O=C(c1cnccn1)N1CCC2(COCc3cnc(N4CCC(F)(F)CC4)nc32)C1. The molecule has 1 atom stereocenters. The lowest BCUT2D eigenvalue weighted by Gasteiger charge is -2.36. The molecule has 0 radical (unpaired) electrons. The highest BCUT2D eigenvalue weighted by molar-refractivity contribution is 5.92. The summed E-state index contributed by atoms with van der Waals surface area (Å²) in [7, 11) is 0. The van der Waals surface area contributed by atoms with E-state index in [1.807, 2.05) is 4.90 Å². The monoisotopic (exact) mass is 416 g/mol. The number of fused-ring (bicyclic) bond motifs is 2. The minimum atomic E-state index is -2.62. The molecular weight excluding hydrogens is 394 g/mol. The van der Waals surface area contributed by atoms with Gasteiger partial charge in [0, 0.05) is 63.2 Å². The van der Waals surface area contributed by atoms with Crippen LogP contribution in [0.4, 0.5) is 14.7 Å². The van der Waals surface area contributed by atoms with E-state index in [9.17, 15) is 13.6 Å². The van der Waals surface area contributed by atoms with Gasteiger partial charge in [0.15, 0.2) is 0 Å². The first-order chi connectivity index (χ1) is 14.5. The lowest BCUT2D eigenvalue weighted by molar-refractivity contribution is -0.0223. The van der Waals surface area contributed by atoms with Gasteiger partial charge in [0.2, 0.25) is 5.95 Å². The minimum Gasteiger partial charge on any atom is -0.376 e. The molecule has 8 nitrogen and oxygen atoms in total. The van der Waals surface area contributed by atoms with Crippen molar-refractivity contribution in [1.82, 2.24) is 24.8 Å². The Morgan fingerprint density at radius 1 is 1.07 bits per heavy atom. The van der Waals surface area contributed by atoms with E-state index in [-0.39, 0.29) is 31.8 Å². The minimum absolute atomic E-state index is 0.167. The van der Waals surface area contributed by atoms with Crippen molar-refractivity contribution in [3.8, 4) is 0 Å². The Morgan fingerprint density at radius 2 is 1.90 bits per heavy atom. The van der Waals surface area contributed by atoms with E-state index in [2.05, 4.69) is 15.0 Å². The third-order valence-electron chi connectivity index (χ3n) is 6.19. The molecule has 0 aromatic carbocycles. The molecule has 5 rings (SSSR count). The molecule has 3 aliphatic rings. The maximum absolute atomic E-state index is 13.5. The van der Waals surface area contributed by atoms with E-state index in [1.165, 1.54) is 18.6 Å². The van der Waals surface area contributed by atoms with Gasteiger partial charge in [0.25, 0.3) is 11.8 Å². The summed E-state index contributed by atoms with van der Waals surface area (Å²) >= 11 is 0. The van der Waals surface area contributed by atoms with Crippen molar-refractivity contribution in [2.75, 3.05) is 37.7 Å². The van der Waals surface area contributed by atoms with Crippen LogP contribution in [0.2, 0.25) is 0 Å². The molecule has 0 aliphatic carbocycles. The third-order valence-corrected chi connectivity index (χ3v) is 6.19. The van der Waals surface area contributed by atoms with Gasteiger partial charge < -0.3 is 14.5 Å². The Morgan fingerprint density at radius 3 is 2.67 bits per heavy atom. The Kier molecular flexibility index (Phi) is 4.61. The Balaban J connectivity index is 1.40. The number of halogens is 2. The first-order valence-corrected chi connectivity index (χ1v) is 10.1. The molecule has 1 unspecified atom stereocenters. The molecule has 5 heterocycles. The smallest absolute Gasteiger partial charge is 0.274 e. The maximum Gasteiger partial charge on any atom is 0.274 e. The molecule has 158 valence electrons. The second-order valence-electron chi connectivity index (χ2n) is 8.23. The molecule has 2 aromatic rings. The highest BCUT2D eigenvalue weighted by Crippen LogP contribution is 2.40. The van der Waals surface area contributed by atoms with E-state index in [4.69, 9.17) is 9.72 Å². The van der Waals surface area contributed by atoms with E-state index in [0.29, 0.717) is 44.4 Å². The fourth-order valence-corrected chi connectivity index (χ4v) is 4.50. The average molecular weight is 416 g/mol. The summed E-state index contributed by atoms with van der Waals surface area (Å²) in [6.07, 6.45) is 6.55. The van der Waals surface area contributed by atoms with E-state index in [0.717, 1.165) is 11.3 Å². The van der Waals surface area contributed by atoms with Gasteiger partial charge in [-0.15, -0.1) is 0 Å². The van der Waals surface area contributed by atoms with Crippen LogP contribution in [0.25, 0.3) is 0 Å². The number of hydrogen-bond donors (Lipinski definition) is 0. The maximum atomic E-state index is 13.5. The van der Waals surface area contributed by atoms with Crippen LogP contribution in [0.5, 0.6) is 0 Å². The molecular formula is C20H22F2N6O2. The largest absolute Gasteiger partial charge is 0.376 e. The number of rotatable bonds is 2. The molecule has 2 saturated heterocycles. The van der Waals surface area contributed by atoms with Gasteiger partial charge in [-0.1, -0.05) is 0 Å². The zero-order valence-electron chi connectivity index (χ0n) is 16.4. The number of carbonyl (C=O) groups is 1. The number of piperidine rings is 1. The number of amides is 1. The second kappa shape index (κ2) is 7.19. The van der Waals surface area contributed by atoms with Gasteiger partial charge in [-0.3, -0.25) is 9.78 Å². The molecule has 30 heavy (non-hydrogen) atoms. The van der Waals surface area contributed by atoms with Gasteiger partial charge in [0.1, 0.15) is 5.69 Å². The van der Waals surface area contributed by atoms with Crippen molar-refractivity contribution in [2.45, 2.75) is 37.2 Å². The van der Waals surface area contributed by atoms with Gasteiger partial charge >= 0.3 is 0 Å². The molecule has 2 fully saturated rings. The summed E-state index contributed by atoms with van der Waals surface area (Å²) in [6, 6.07) is 0. The molecule has 0 saturated carbocycles. The number of hydrogen-bond acceptors (Lipinski definition) is 7. The zero-order valence-corrected chi connectivity index (χ0v) is 16.4. The second-order valence-corrected chi connectivity index (χ2v) is 8.23. The van der Waals surface area contributed by atoms with E-state index in [1.54, 1.807) is 11.1 Å². The molecule has 1 spiro atoms.